The van der Waals surface area contributed by atoms with Crippen LogP contribution in [0.15, 0.2) is 30.3 Å². The molecule has 2 aromatic carbocycles. The van der Waals surface area contributed by atoms with Crippen LogP contribution in [0.4, 0.5) is 5.69 Å². The minimum atomic E-state index is -1.09. The molecule has 0 aliphatic heterocycles. The number of aromatic carboxylic acids is 1. The lowest BCUT2D eigenvalue weighted by molar-refractivity contribution is -0.136. The Morgan fingerprint density at radius 2 is 1.97 bits per heavy atom. The number of carbonyl (C=O) groups excluding carboxylic acids is 1. The van der Waals surface area contributed by atoms with Crippen molar-refractivity contribution in [3.63, 3.8) is 0 Å². The number of carboxylic acids is 2. The van der Waals surface area contributed by atoms with Crippen molar-refractivity contribution in [2.75, 3.05) is 5.32 Å². The van der Waals surface area contributed by atoms with Gasteiger partial charge < -0.3 is 26.2 Å². The Kier molecular flexibility index (Phi) is 5.90. The molecule has 0 radical (unpaired) electrons. The highest BCUT2D eigenvalue weighted by molar-refractivity contribution is 6.31. The summed E-state index contributed by atoms with van der Waals surface area (Å²) >= 11 is 6.17. The number of hydrogen-bond donors (Lipinski definition) is 5. The van der Waals surface area contributed by atoms with Crippen LogP contribution >= 0.6 is 11.6 Å². The highest BCUT2D eigenvalue weighted by Crippen LogP contribution is 2.42. The summed E-state index contributed by atoms with van der Waals surface area (Å²) in [5.74, 6) is -2.72. The van der Waals surface area contributed by atoms with Crippen LogP contribution in [0.2, 0.25) is 5.02 Å². The molecule has 1 atom stereocenters. The van der Waals surface area contributed by atoms with Crippen LogP contribution in [0.1, 0.15) is 51.5 Å². The van der Waals surface area contributed by atoms with Crippen molar-refractivity contribution < 1.29 is 24.6 Å². The molecular weight excluding hydrogens is 434 g/mol. The van der Waals surface area contributed by atoms with Crippen LogP contribution in [-0.4, -0.2) is 33.0 Å². The van der Waals surface area contributed by atoms with E-state index in [1.807, 2.05) is 6.07 Å². The average molecular weight is 456 g/mol. The summed E-state index contributed by atoms with van der Waals surface area (Å²) in [4.78, 5) is 38.9. The molecule has 1 aliphatic carbocycles. The lowest BCUT2D eigenvalue weighted by Gasteiger charge is -2.23. The largest absolute Gasteiger partial charge is 0.481 e. The number of nitrogens with two attached hydrogens (primary N) is 1. The van der Waals surface area contributed by atoms with Crippen molar-refractivity contribution in [2.24, 2.45) is 5.73 Å². The number of aromatic amines is 1. The first kappa shape index (κ1) is 21.9. The number of benzene rings is 2. The number of H-pyrrole nitrogens is 1. The van der Waals surface area contributed by atoms with Gasteiger partial charge in [0.2, 0.25) is 5.91 Å². The van der Waals surface area contributed by atoms with Gasteiger partial charge in [-0.15, -0.1) is 0 Å². The van der Waals surface area contributed by atoms with E-state index in [1.165, 1.54) is 0 Å². The van der Waals surface area contributed by atoms with E-state index >= 15 is 0 Å². The summed E-state index contributed by atoms with van der Waals surface area (Å²) in [6.45, 7) is 0.258. The Labute approximate surface area is 188 Å². The molecule has 3 aromatic rings. The number of carbonyl (C=O) groups is 3. The summed E-state index contributed by atoms with van der Waals surface area (Å²) in [5, 5.41) is 23.0. The van der Waals surface area contributed by atoms with E-state index < -0.39 is 11.9 Å². The van der Waals surface area contributed by atoms with Crippen LogP contribution in [0.25, 0.3) is 10.9 Å². The topological polar surface area (TPSA) is 146 Å². The number of anilines is 1. The van der Waals surface area contributed by atoms with E-state index in [0.29, 0.717) is 40.2 Å². The second kappa shape index (κ2) is 8.64. The molecule has 9 heteroatoms. The van der Waals surface area contributed by atoms with Gasteiger partial charge in [-0.3, -0.25) is 9.59 Å². The molecular formula is C23H22ClN3O5. The maximum absolute atomic E-state index is 12.9. The molecule has 166 valence electrons. The van der Waals surface area contributed by atoms with Gasteiger partial charge in [0.15, 0.2) is 0 Å². The molecule has 32 heavy (non-hydrogen) atoms. The lowest BCUT2D eigenvalue weighted by atomic mass is 9.81. The molecule has 6 N–H and O–H groups in total. The summed E-state index contributed by atoms with van der Waals surface area (Å²) in [7, 11) is 0. The van der Waals surface area contributed by atoms with Gasteiger partial charge in [-0.1, -0.05) is 23.7 Å². The van der Waals surface area contributed by atoms with E-state index in [-0.39, 0.29) is 36.9 Å². The first-order chi connectivity index (χ1) is 15.3. The third-order valence-electron chi connectivity index (χ3n) is 5.82. The number of carboxylic acid groups (broad SMARTS) is 2. The number of nitrogens with one attached hydrogen (secondary N) is 2. The molecule has 0 fully saturated rings. The molecule has 1 aliphatic rings. The molecule has 0 bridgehead atoms. The number of aliphatic carboxylic acids is 1. The fourth-order valence-electron chi connectivity index (χ4n) is 4.49. The highest BCUT2D eigenvalue weighted by atomic mass is 35.5. The predicted octanol–water partition coefficient (Wildman–Crippen LogP) is 3.66. The quantitative estimate of drug-likeness (QED) is 0.367. The Hall–Kier alpha value is -3.36. The van der Waals surface area contributed by atoms with Crippen molar-refractivity contribution in [2.45, 2.75) is 38.1 Å². The van der Waals surface area contributed by atoms with Crippen molar-refractivity contribution in [3.05, 3.63) is 63.3 Å². The molecule has 1 heterocycles. The Balaban J connectivity index is 1.63. The minimum absolute atomic E-state index is 0.0693. The van der Waals surface area contributed by atoms with E-state index in [2.05, 4.69) is 10.3 Å². The number of aromatic nitrogens is 1. The summed E-state index contributed by atoms with van der Waals surface area (Å²) in [5.41, 5.74) is 9.58. The second-order valence-corrected chi connectivity index (χ2v) is 8.40. The van der Waals surface area contributed by atoms with E-state index in [0.717, 1.165) is 16.5 Å². The summed E-state index contributed by atoms with van der Waals surface area (Å²) in [6, 6.07) is 8.58. The lowest BCUT2D eigenvalue weighted by Crippen LogP contribution is -2.20. The Bertz CT molecular complexity index is 1250. The monoisotopic (exact) mass is 455 g/mol. The standard InChI is InChI=1S/C23H22ClN3O5/c24-15-6-12-2-3-13(21-20(12)17(9-15)27-22(21)23(31)32)7-18(28)26-16-4-1-11(10-25)5-14(16)8-19(29)30/h1,4-6,9,13,27H,2-3,7-8,10,25H2,(H,26,28)(H,29,30)(H,31,32). The van der Waals surface area contributed by atoms with Crippen LogP contribution in [0.3, 0.4) is 0 Å². The molecule has 8 nitrogen and oxygen atoms in total. The highest BCUT2D eigenvalue weighted by Gasteiger charge is 2.31. The van der Waals surface area contributed by atoms with Crippen LogP contribution in [-0.2, 0) is 29.0 Å². The van der Waals surface area contributed by atoms with Crippen molar-refractivity contribution in [3.8, 4) is 0 Å². The molecule has 0 saturated heterocycles. The third-order valence-corrected chi connectivity index (χ3v) is 6.04. The normalized spacial score (nSPS) is 15.0. The van der Waals surface area contributed by atoms with Crippen molar-refractivity contribution >= 4 is 46.0 Å². The minimum Gasteiger partial charge on any atom is -0.481 e. The van der Waals surface area contributed by atoms with E-state index in [9.17, 15) is 24.6 Å². The summed E-state index contributed by atoms with van der Waals surface area (Å²) < 4.78 is 0. The molecule has 1 unspecified atom stereocenters. The zero-order valence-corrected chi connectivity index (χ0v) is 17.8. The molecule has 4 rings (SSSR count). The number of amides is 1. The van der Waals surface area contributed by atoms with Gasteiger partial charge in [0, 0.05) is 34.6 Å². The molecule has 1 amide bonds. The number of rotatable bonds is 7. The Morgan fingerprint density at radius 1 is 1.19 bits per heavy atom. The third kappa shape index (κ3) is 4.19. The zero-order chi connectivity index (χ0) is 23.0. The maximum Gasteiger partial charge on any atom is 0.352 e. The zero-order valence-electron chi connectivity index (χ0n) is 17.1. The Morgan fingerprint density at radius 3 is 2.66 bits per heavy atom. The predicted molar refractivity (Wildman–Crippen MR) is 120 cm³/mol. The fourth-order valence-corrected chi connectivity index (χ4v) is 4.73. The summed E-state index contributed by atoms with van der Waals surface area (Å²) in [6.07, 6.45) is 1.10. The van der Waals surface area contributed by atoms with Gasteiger partial charge >= 0.3 is 11.9 Å². The molecule has 1 aromatic heterocycles. The van der Waals surface area contributed by atoms with Crippen LogP contribution in [0, 0.1) is 0 Å². The van der Waals surface area contributed by atoms with Gasteiger partial charge in [-0.05, 0) is 59.2 Å². The first-order valence-corrected chi connectivity index (χ1v) is 10.6. The van der Waals surface area contributed by atoms with Crippen LogP contribution in [0.5, 0.6) is 0 Å². The van der Waals surface area contributed by atoms with Gasteiger partial charge in [0.05, 0.1) is 6.42 Å². The van der Waals surface area contributed by atoms with Gasteiger partial charge in [-0.2, -0.15) is 0 Å². The van der Waals surface area contributed by atoms with Gasteiger partial charge in [0.25, 0.3) is 0 Å². The van der Waals surface area contributed by atoms with Gasteiger partial charge in [-0.25, -0.2) is 4.79 Å². The fraction of sp³-hybridized carbons (Fsp3) is 0.261. The number of aryl methyl sites for hydroxylation is 1. The van der Waals surface area contributed by atoms with Crippen molar-refractivity contribution in [1.29, 1.82) is 0 Å². The molecule has 0 saturated carbocycles. The molecule has 0 spiro atoms. The maximum atomic E-state index is 12.9. The SMILES string of the molecule is NCc1ccc(NC(=O)CC2CCc3cc(Cl)cc4[nH]c(C(=O)O)c2c34)c(CC(=O)O)c1. The smallest absolute Gasteiger partial charge is 0.352 e. The van der Waals surface area contributed by atoms with E-state index in [1.54, 1.807) is 24.3 Å². The number of halogens is 1. The second-order valence-electron chi connectivity index (χ2n) is 7.96. The average Bonchev–Trinajstić information content (AvgIpc) is 3.11. The number of hydrogen-bond acceptors (Lipinski definition) is 4. The van der Waals surface area contributed by atoms with Crippen LogP contribution < -0.4 is 11.1 Å². The van der Waals surface area contributed by atoms with E-state index in [4.69, 9.17) is 17.3 Å². The van der Waals surface area contributed by atoms with Gasteiger partial charge in [0.1, 0.15) is 5.69 Å². The van der Waals surface area contributed by atoms with Crippen molar-refractivity contribution in [1.82, 2.24) is 4.98 Å². The first-order valence-electron chi connectivity index (χ1n) is 10.2.